The molecule has 0 aliphatic rings. The summed E-state index contributed by atoms with van der Waals surface area (Å²) < 4.78 is 20.3. The second-order valence-corrected chi connectivity index (χ2v) is 16.8. The summed E-state index contributed by atoms with van der Waals surface area (Å²) in [5, 5.41) is 11.9. The molecule has 0 saturated heterocycles. The molecule has 4 nitrogen and oxygen atoms in total. The van der Waals surface area contributed by atoms with Gasteiger partial charge >= 0.3 is 0 Å². The van der Waals surface area contributed by atoms with E-state index in [4.69, 9.17) is 8.83 Å². The van der Waals surface area contributed by atoms with Gasteiger partial charge < -0.3 is 18.0 Å². The van der Waals surface area contributed by atoms with E-state index in [0.29, 0.717) is 0 Å². The summed E-state index contributed by atoms with van der Waals surface area (Å²) in [6.07, 6.45) is 0. The molecule has 274 valence electrons. The molecule has 5 heterocycles. The molecule has 0 saturated carbocycles. The number of aromatic nitrogens is 2. The molecule has 0 unspecified atom stereocenters. The van der Waals surface area contributed by atoms with Gasteiger partial charge in [-0.2, -0.15) is 0 Å². The van der Waals surface area contributed by atoms with Crippen molar-refractivity contribution in [2.24, 2.45) is 0 Å². The van der Waals surface area contributed by atoms with Gasteiger partial charge in [-0.05, 0) is 96.1 Å². The Hall–Kier alpha value is -7.60. The maximum atomic E-state index is 6.49. The fraction of sp³-hybridized carbons (Fsp3) is 0. The normalized spacial score (nSPS) is 12.4. The van der Waals surface area contributed by atoms with Crippen LogP contribution in [-0.2, 0) is 0 Å². The van der Waals surface area contributed by atoms with Crippen molar-refractivity contribution in [2.45, 2.75) is 0 Å². The van der Waals surface area contributed by atoms with Gasteiger partial charge in [-0.25, -0.2) is 0 Å². The number of furan rings is 2. The predicted octanol–water partition coefficient (Wildman–Crippen LogP) is 15.7. The van der Waals surface area contributed by atoms with Crippen molar-refractivity contribution in [2.75, 3.05) is 0 Å². The summed E-state index contributed by atoms with van der Waals surface area (Å²) in [6.45, 7) is 0. The lowest BCUT2D eigenvalue weighted by atomic mass is 10.00. The van der Waals surface area contributed by atoms with E-state index in [0.717, 1.165) is 77.3 Å². The molecule has 9 aromatic carbocycles. The summed E-state index contributed by atoms with van der Waals surface area (Å²) in [7, 11) is 0. The summed E-state index contributed by atoms with van der Waals surface area (Å²) in [5.74, 6) is 0. The van der Waals surface area contributed by atoms with Gasteiger partial charge in [-0.1, -0.05) is 84.9 Å². The van der Waals surface area contributed by atoms with Gasteiger partial charge in [0, 0.05) is 86.8 Å². The van der Waals surface area contributed by atoms with Crippen LogP contribution in [0.3, 0.4) is 0 Å². The first-order valence-electron chi connectivity index (χ1n) is 20.0. The Morgan fingerprint density at radius 1 is 0.288 bits per heavy atom. The third kappa shape index (κ3) is 4.37. The first-order chi connectivity index (χ1) is 29.2. The Bertz CT molecular complexity index is 4080. The fourth-order valence-corrected chi connectivity index (χ4v) is 10.9. The highest BCUT2D eigenvalue weighted by atomic mass is 32.1. The van der Waals surface area contributed by atoms with Crippen LogP contribution < -0.4 is 0 Å². The average molecular weight is 771 g/mol. The minimum Gasteiger partial charge on any atom is -0.456 e. The van der Waals surface area contributed by atoms with Crippen molar-refractivity contribution < 1.29 is 8.83 Å². The number of hydrogen-bond acceptors (Lipinski definition) is 3. The second-order valence-electron chi connectivity index (χ2n) is 15.7. The molecule has 0 N–H and O–H groups in total. The van der Waals surface area contributed by atoms with Gasteiger partial charge in [0.15, 0.2) is 0 Å². The molecule has 0 atom stereocenters. The Morgan fingerprint density at radius 2 is 0.797 bits per heavy atom. The summed E-state index contributed by atoms with van der Waals surface area (Å²) in [5.41, 5.74) is 12.8. The summed E-state index contributed by atoms with van der Waals surface area (Å²) in [4.78, 5) is 0. The number of fused-ring (bicyclic) bond motifs is 15. The Morgan fingerprint density at radius 3 is 1.42 bits per heavy atom. The molecule has 0 fully saturated rings. The van der Waals surface area contributed by atoms with Gasteiger partial charge in [-0.15, -0.1) is 11.3 Å². The molecule has 0 aliphatic heterocycles. The van der Waals surface area contributed by atoms with Crippen LogP contribution in [0.15, 0.2) is 191 Å². The van der Waals surface area contributed by atoms with Gasteiger partial charge in [-0.3, -0.25) is 0 Å². The highest BCUT2D eigenvalue weighted by Crippen LogP contribution is 2.43. The largest absolute Gasteiger partial charge is 0.456 e. The maximum Gasteiger partial charge on any atom is 0.137 e. The zero-order valence-electron chi connectivity index (χ0n) is 31.4. The minimum absolute atomic E-state index is 0.893. The number of hydrogen-bond donors (Lipinski definition) is 0. The van der Waals surface area contributed by atoms with Crippen molar-refractivity contribution in [1.82, 2.24) is 9.13 Å². The smallest absolute Gasteiger partial charge is 0.137 e. The minimum atomic E-state index is 0.893. The van der Waals surface area contributed by atoms with Crippen molar-refractivity contribution in [3.05, 3.63) is 182 Å². The van der Waals surface area contributed by atoms with Crippen molar-refractivity contribution in [1.29, 1.82) is 0 Å². The van der Waals surface area contributed by atoms with Crippen molar-refractivity contribution in [3.8, 4) is 22.5 Å². The number of nitrogens with zero attached hydrogens (tertiary/aromatic N) is 2. The van der Waals surface area contributed by atoms with Crippen LogP contribution >= 0.6 is 11.3 Å². The highest BCUT2D eigenvalue weighted by molar-refractivity contribution is 7.25. The first kappa shape index (κ1) is 31.5. The standard InChI is InChI=1S/C54H30N2O2S/c1-2-10-33(11-3-1)55-45-21-18-31(24-38(45)40-27-42-35-12-4-7-15-49(35)57-51(42)29-47(40)55)32-19-22-46-39(25-32)41-28-43-36-13-5-8-16-50(36)58-52(43)30-48(41)56(46)34-20-23-54-44(26-34)37-14-6-9-17-53(37)59-54/h1-30H. The predicted molar refractivity (Wildman–Crippen MR) is 248 cm³/mol. The van der Waals surface area contributed by atoms with E-state index >= 15 is 0 Å². The van der Waals surface area contributed by atoms with E-state index in [1.54, 1.807) is 0 Å². The molecule has 59 heavy (non-hydrogen) atoms. The van der Waals surface area contributed by atoms with Gasteiger partial charge in [0.1, 0.15) is 22.3 Å². The highest BCUT2D eigenvalue weighted by Gasteiger charge is 2.20. The van der Waals surface area contributed by atoms with Crippen molar-refractivity contribution in [3.63, 3.8) is 0 Å². The summed E-state index contributed by atoms with van der Waals surface area (Å²) >= 11 is 1.85. The average Bonchev–Trinajstić information content (AvgIpc) is 4.09. The molecule has 14 rings (SSSR count). The quantitative estimate of drug-likeness (QED) is 0.179. The lowest BCUT2D eigenvalue weighted by Gasteiger charge is -2.10. The van der Waals surface area contributed by atoms with Crippen LogP contribution in [0.2, 0.25) is 0 Å². The summed E-state index contributed by atoms with van der Waals surface area (Å²) in [6, 6.07) is 66.0. The van der Waals surface area contributed by atoms with Crippen LogP contribution in [-0.4, -0.2) is 9.13 Å². The van der Waals surface area contributed by atoms with Crippen molar-refractivity contribution >= 4 is 119 Å². The monoisotopic (exact) mass is 770 g/mol. The zero-order chi connectivity index (χ0) is 38.3. The van der Waals surface area contributed by atoms with E-state index in [9.17, 15) is 0 Å². The van der Waals surface area contributed by atoms with Gasteiger partial charge in [0.25, 0.3) is 0 Å². The molecular formula is C54H30N2O2S. The number of para-hydroxylation sites is 3. The topological polar surface area (TPSA) is 36.1 Å². The molecule has 5 aromatic heterocycles. The Balaban J connectivity index is 1.03. The number of benzene rings is 9. The van der Waals surface area contributed by atoms with E-state index in [1.165, 1.54) is 52.8 Å². The number of thiophene rings is 1. The first-order valence-corrected chi connectivity index (χ1v) is 20.8. The maximum absolute atomic E-state index is 6.49. The molecule has 0 aliphatic carbocycles. The Kier molecular flexibility index (Phi) is 6.14. The SMILES string of the molecule is c1ccc(-n2c3ccc(-c4ccc5c(c4)c4cc6c(cc4n5-c4ccc5sc7ccccc7c5c4)oc4ccccc46)cc3c3cc4c(cc32)oc2ccccc24)cc1. The second kappa shape index (κ2) is 11.5. The lowest BCUT2D eigenvalue weighted by molar-refractivity contribution is 0.669. The van der Waals surface area contributed by atoms with Crippen LogP contribution in [0.5, 0.6) is 0 Å². The molecule has 14 aromatic rings. The molecule has 5 heteroatoms. The molecule has 0 radical (unpaired) electrons. The third-order valence-electron chi connectivity index (χ3n) is 12.5. The van der Waals surface area contributed by atoms with Crippen LogP contribution in [0.1, 0.15) is 0 Å². The van der Waals surface area contributed by atoms with E-state index in [-0.39, 0.29) is 0 Å². The van der Waals surface area contributed by atoms with E-state index < -0.39 is 0 Å². The molecular weight excluding hydrogens is 741 g/mol. The molecule has 0 bridgehead atoms. The lowest BCUT2D eigenvalue weighted by Crippen LogP contribution is -1.93. The Labute approximate surface area is 339 Å². The van der Waals surface area contributed by atoms with Crippen LogP contribution in [0.4, 0.5) is 0 Å². The van der Waals surface area contributed by atoms with Crippen LogP contribution in [0, 0.1) is 0 Å². The fourth-order valence-electron chi connectivity index (χ4n) is 9.82. The van der Waals surface area contributed by atoms with Gasteiger partial charge in [0.2, 0.25) is 0 Å². The van der Waals surface area contributed by atoms with Gasteiger partial charge in [0.05, 0.1) is 22.1 Å². The zero-order valence-corrected chi connectivity index (χ0v) is 32.3. The van der Waals surface area contributed by atoms with E-state index in [2.05, 4.69) is 179 Å². The molecule has 0 spiro atoms. The third-order valence-corrected chi connectivity index (χ3v) is 13.6. The van der Waals surface area contributed by atoms with Crippen LogP contribution in [0.25, 0.3) is 130 Å². The number of rotatable bonds is 3. The molecule has 0 amide bonds. The van der Waals surface area contributed by atoms with E-state index in [1.807, 2.05) is 23.5 Å².